The normalized spacial score (nSPS) is 10.8. The molecule has 0 aliphatic rings. The molecule has 0 heterocycles. The van der Waals surface area contributed by atoms with E-state index < -0.39 is 0 Å². The van der Waals surface area contributed by atoms with Crippen LogP contribution in [0.1, 0.15) is 15.9 Å². The number of nitrogens with zero attached hydrogens (tertiary/aromatic N) is 1. The van der Waals surface area contributed by atoms with E-state index in [1.54, 1.807) is 6.07 Å². The predicted molar refractivity (Wildman–Crippen MR) is 102 cm³/mol. The number of oxime groups is 1. The molecule has 0 saturated carbocycles. The second-order valence-corrected chi connectivity index (χ2v) is 5.22. The molecule has 25 heavy (non-hydrogen) atoms. The van der Waals surface area contributed by atoms with Gasteiger partial charge in [0.05, 0.1) is 0 Å². The first-order chi connectivity index (χ1) is 11.7. The van der Waals surface area contributed by atoms with Crippen molar-refractivity contribution in [1.82, 2.24) is 5.32 Å². The summed E-state index contributed by atoms with van der Waals surface area (Å²) in [4.78, 5) is 17.5. The van der Waals surface area contributed by atoms with E-state index in [4.69, 9.17) is 10.6 Å². The van der Waals surface area contributed by atoms with E-state index in [9.17, 15) is 4.79 Å². The molecule has 0 aliphatic carbocycles. The summed E-state index contributed by atoms with van der Waals surface area (Å²) in [6.07, 6.45) is 0. The van der Waals surface area contributed by atoms with E-state index in [1.165, 1.54) is 0 Å². The molecule has 0 spiro atoms. The third-order valence-electron chi connectivity index (χ3n) is 3.51. The van der Waals surface area contributed by atoms with E-state index in [1.807, 2.05) is 66.7 Å². The Morgan fingerprint density at radius 1 is 0.960 bits per heavy atom. The number of rotatable bonds is 4. The summed E-state index contributed by atoms with van der Waals surface area (Å²) in [6.45, 7) is 0.283. The van der Waals surface area contributed by atoms with E-state index >= 15 is 0 Å². The van der Waals surface area contributed by atoms with Gasteiger partial charge in [-0.05, 0) is 27.6 Å². The number of benzene rings is 3. The molecule has 3 aromatic carbocycles. The first-order valence-corrected chi connectivity index (χ1v) is 7.52. The highest BCUT2D eigenvalue weighted by atomic mass is 35.5. The van der Waals surface area contributed by atoms with Gasteiger partial charge in [-0.2, -0.15) is 0 Å². The van der Waals surface area contributed by atoms with Gasteiger partial charge in [-0.3, -0.25) is 10.1 Å². The molecule has 1 amide bonds. The van der Waals surface area contributed by atoms with Crippen molar-refractivity contribution in [2.45, 2.75) is 6.61 Å². The van der Waals surface area contributed by atoms with Crippen LogP contribution in [-0.4, -0.2) is 11.9 Å². The molecular formula is C19H18ClN3O2. The van der Waals surface area contributed by atoms with Crippen LogP contribution >= 0.6 is 12.4 Å². The molecule has 0 fully saturated rings. The topological polar surface area (TPSA) is 76.7 Å². The Balaban J connectivity index is 0.00000225. The van der Waals surface area contributed by atoms with Gasteiger partial charge in [0, 0.05) is 5.56 Å². The fourth-order valence-electron chi connectivity index (χ4n) is 2.38. The van der Waals surface area contributed by atoms with Crippen molar-refractivity contribution in [1.29, 1.82) is 0 Å². The van der Waals surface area contributed by atoms with Gasteiger partial charge >= 0.3 is 0 Å². The van der Waals surface area contributed by atoms with Crippen LogP contribution in [-0.2, 0) is 11.4 Å². The molecule has 0 radical (unpaired) electrons. The minimum atomic E-state index is -0.323. The maximum absolute atomic E-state index is 12.4. The number of nitrogens with one attached hydrogen (secondary N) is 1. The van der Waals surface area contributed by atoms with Crippen molar-refractivity contribution in [2.24, 2.45) is 10.9 Å². The van der Waals surface area contributed by atoms with Crippen LogP contribution < -0.4 is 11.1 Å². The Morgan fingerprint density at radius 3 is 2.44 bits per heavy atom. The third kappa shape index (κ3) is 4.71. The first kappa shape index (κ1) is 18.3. The van der Waals surface area contributed by atoms with E-state index in [0.717, 1.165) is 16.3 Å². The van der Waals surface area contributed by atoms with Gasteiger partial charge in [-0.25, -0.2) is 0 Å². The lowest BCUT2D eigenvalue weighted by Gasteiger charge is -2.07. The lowest BCUT2D eigenvalue weighted by molar-refractivity contribution is 0.0969. The molecule has 3 N–H and O–H groups in total. The monoisotopic (exact) mass is 355 g/mol. The van der Waals surface area contributed by atoms with Crippen LogP contribution in [0.15, 0.2) is 78.0 Å². The average molecular weight is 356 g/mol. The second kappa shape index (κ2) is 8.70. The maximum Gasteiger partial charge on any atom is 0.258 e. The van der Waals surface area contributed by atoms with Crippen LogP contribution in [0.3, 0.4) is 0 Å². The molecule has 0 aliphatic heterocycles. The van der Waals surface area contributed by atoms with Crippen molar-refractivity contribution in [3.8, 4) is 0 Å². The zero-order valence-electron chi connectivity index (χ0n) is 13.4. The van der Waals surface area contributed by atoms with Crippen LogP contribution in [0, 0.1) is 0 Å². The third-order valence-corrected chi connectivity index (χ3v) is 3.51. The molecule has 0 bridgehead atoms. The number of carbonyl (C=O) groups excluding carboxylic acids is 1. The van der Waals surface area contributed by atoms with Gasteiger partial charge < -0.3 is 10.6 Å². The summed E-state index contributed by atoms with van der Waals surface area (Å²) in [6, 6.07) is 22.8. The van der Waals surface area contributed by atoms with Crippen molar-refractivity contribution >= 4 is 35.0 Å². The van der Waals surface area contributed by atoms with Gasteiger partial charge in [-0.15, -0.1) is 12.4 Å². The second-order valence-electron chi connectivity index (χ2n) is 5.22. The Labute approximate surface area is 151 Å². The molecule has 0 unspecified atom stereocenters. The van der Waals surface area contributed by atoms with E-state index in [-0.39, 0.29) is 30.9 Å². The minimum Gasteiger partial charge on any atom is -0.388 e. The maximum atomic E-state index is 12.4. The lowest BCUT2D eigenvalue weighted by Crippen LogP contribution is -2.37. The average Bonchev–Trinajstić information content (AvgIpc) is 2.62. The minimum absolute atomic E-state index is 0. The highest BCUT2D eigenvalue weighted by molar-refractivity contribution is 6.12. The molecule has 5 nitrogen and oxygen atoms in total. The van der Waals surface area contributed by atoms with Crippen LogP contribution in [0.2, 0.25) is 0 Å². The Hall–Kier alpha value is -3.05. The summed E-state index contributed by atoms with van der Waals surface area (Å²) in [5.74, 6) is -0.403. The molecule has 0 aromatic heterocycles. The molecule has 0 atom stereocenters. The number of halogens is 1. The fourth-order valence-corrected chi connectivity index (χ4v) is 2.38. The number of hydrogen-bond donors (Lipinski definition) is 2. The highest BCUT2D eigenvalue weighted by Gasteiger charge is 2.10. The molecular weight excluding hydrogens is 338 g/mol. The van der Waals surface area contributed by atoms with Gasteiger partial charge in [0.2, 0.25) is 5.96 Å². The number of guanidine groups is 1. The van der Waals surface area contributed by atoms with Crippen molar-refractivity contribution in [3.63, 3.8) is 0 Å². The smallest absolute Gasteiger partial charge is 0.258 e. The van der Waals surface area contributed by atoms with Crippen LogP contribution in [0.25, 0.3) is 10.8 Å². The summed E-state index contributed by atoms with van der Waals surface area (Å²) in [5, 5.41) is 8.11. The number of hydrogen-bond acceptors (Lipinski definition) is 3. The fraction of sp³-hybridized carbons (Fsp3) is 0.0526. The SMILES string of the molecule is Cl.NC(=NOCc1ccccc1)NC(=O)c1cccc2ccccc12. The molecule has 3 rings (SSSR count). The molecule has 0 saturated heterocycles. The Morgan fingerprint density at radius 2 is 1.64 bits per heavy atom. The number of fused-ring (bicyclic) bond motifs is 1. The summed E-state index contributed by atoms with van der Waals surface area (Å²) in [7, 11) is 0. The first-order valence-electron chi connectivity index (χ1n) is 7.52. The van der Waals surface area contributed by atoms with Crippen molar-refractivity contribution in [3.05, 3.63) is 83.9 Å². The zero-order valence-corrected chi connectivity index (χ0v) is 14.2. The largest absolute Gasteiger partial charge is 0.388 e. The van der Waals surface area contributed by atoms with Crippen molar-refractivity contribution in [2.75, 3.05) is 0 Å². The number of amides is 1. The van der Waals surface area contributed by atoms with Crippen LogP contribution in [0.4, 0.5) is 0 Å². The Kier molecular flexibility index (Phi) is 6.37. The van der Waals surface area contributed by atoms with Gasteiger partial charge in [0.25, 0.3) is 5.91 Å². The zero-order chi connectivity index (χ0) is 16.8. The standard InChI is InChI=1S/C19H17N3O2.ClH/c20-19(22-24-13-14-7-2-1-3-8-14)21-18(23)17-12-6-10-15-9-4-5-11-16(15)17;/h1-12H,13H2,(H3,20,21,22,23);1H. The summed E-state index contributed by atoms with van der Waals surface area (Å²) < 4.78 is 0. The summed E-state index contributed by atoms with van der Waals surface area (Å²) >= 11 is 0. The van der Waals surface area contributed by atoms with E-state index in [2.05, 4.69) is 10.5 Å². The number of nitrogens with two attached hydrogens (primary N) is 1. The lowest BCUT2D eigenvalue weighted by atomic mass is 10.0. The van der Waals surface area contributed by atoms with Crippen molar-refractivity contribution < 1.29 is 9.63 Å². The molecule has 128 valence electrons. The summed E-state index contributed by atoms with van der Waals surface area (Å²) in [5.41, 5.74) is 7.22. The quantitative estimate of drug-likeness (QED) is 0.427. The van der Waals surface area contributed by atoms with E-state index in [0.29, 0.717) is 5.56 Å². The van der Waals surface area contributed by atoms with Gasteiger partial charge in [0.15, 0.2) is 0 Å². The van der Waals surface area contributed by atoms with Crippen LogP contribution in [0.5, 0.6) is 0 Å². The highest BCUT2D eigenvalue weighted by Crippen LogP contribution is 2.18. The number of carbonyl (C=O) groups is 1. The Bertz CT molecular complexity index is 877. The van der Waals surface area contributed by atoms with Gasteiger partial charge in [0.1, 0.15) is 6.61 Å². The molecule has 6 heteroatoms. The van der Waals surface area contributed by atoms with Gasteiger partial charge in [-0.1, -0.05) is 66.7 Å². The predicted octanol–water partition coefficient (Wildman–Crippen LogP) is 3.44. The molecule has 3 aromatic rings.